The quantitative estimate of drug-likeness (QED) is 0.667. The summed E-state index contributed by atoms with van der Waals surface area (Å²) in [5.41, 5.74) is 1.99. The number of likely N-dealkylation sites (tertiary alicyclic amines) is 1. The van der Waals surface area contributed by atoms with E-state index >= 15 is 0 Å². The Morgan fingerprint density at radius 3 is 2.50 bits per heavy atom. The van der Waals surface area contributed by atoms with Gasteiger partial charge in [-0.25, -0.2) is 4.39 Å². The van der Waals surface area contributed by atoms with Gasteiger partial charge in [0.05, 0.1) is 7.11 Å². The lowest BCUT2D eigenvalue weighted by Gasteiger charge is -2.23. The van der Waals surface area contributed by atoms with E-state index < -0.39 is 0 Å². The molecular weight excluding hydrogens is 383 g/mol. The van der Waals surface area contributed by atoms with Gasteiger partial charge in [0.2, 0.25) is 0 Å². The predicted octanol–water partition coefficient (Wildman–Crippen LogP) is 3.00. The van der Waals surface area contributed by atoms with Gasteiger partial charge in [-0.3, -0.25) is 14.3 Å². The molecule has 3 heterocycles. The molecule has 6 nitrogen and oxygen atoms in total. The first-order valence-corrected chi connectivity index (χ1v) is 10.2. The molecule has 1 atom stereocenters. The number of hydrogen-bond donors (Lipinski definition) is 0. The van der Waals surface area contributed by atoms with Crippen molar-refractivity contribution in [1.82, 2.24) is 19.7 Å². The highest BCUT2D eigenvalue weighted by atomic mass is 19.1. The van der Waals surface area contributed by atoms with Crippen molar-refractivity contribution < 1.29 is 9.13 Å². The first kappa shape index (κ1) is 18.9. The van der Waals surface area contributed by atoms with Crippen molar-refractivity contribution >= 4 is 0 Å². The van der Waals surface area contributed by atoms with Crippen LogP contribution < -0.4 is 10.3 Å². The third-order valence-electron chi connectivity index (χ3n) is 6.35. The molecule has 1 spiro atoms. The van der Waals surface area contributed by atoms with Gasteiger partial charge in [-0.1, -0.05) is 12.1 Å². The van der Waals surface area contributed by atoms with Crippen molar-refractivity contribution in [3.8, 4) is 17.0 Å². The zero-order valence-electron chi connectivity index (χ0n) is 16.8. The van der Waals surface area contributed by atoms with Crippen LogP contribution in [0.5, 0.6) is 5.75 Å². The second kappa shape index (κ2) is 7.32. The molecule has 30 heavy (non-hydrogen) atoms. The highest BCUT2D eigenvalue weighted by molar-refractivity contribution is 5.58. The van der Waals surface area contributed by atoms with Crippen LogP contribution in [-0.2, 0) is 18.5 Å². The summed E-state index contributed by atoms with van der Waals surface area (Å²) in [6, 6.07) is 14.0. The van der Waals surface area contributed by atoms with Gasteiger partial charge in [-0.05, 0) is 61.3 Å². The van der Waals surface area contributed by atoms with Gasteiger partial charge < -0.3 is 4.74 Å². The molecule has 154 valence electrons. The monoisotopic (exact) mass is 406 g/mol. The van der Waals surface area contributed by atoms with Crippen LogP contribution in [0.15, 0.2) is 53.3 Å². The van der Waals surface area contributed by atoms with E-state index in [1.54, 1.807) is 11.7 Å². The summed E-state index contributed by atoms with van der Waals surface area (Å²) in [5.74, 6) is 1.31. The number of hydrogen-bond acceptors (Lipinski definition) is 5. The largest absolute Gasteiger partial charge is 0.497 e. The molecule has 1 saturated heterocycles. The maximum Gasteiger partial charge on any atom is 0.280 e. The van der Waals surface area contributed by atoms with Crippen molar-refractivity contribution in [3.05, 3.63) is 76.1 Å². The molecule has 1 unspecified atom stereocenters. The number of aromatic nitrogens is 3. The van der Waals surface area contributed by atoms with Crippen molar-refractivity contribution in [2.24, 2.45) is 0 Å². The molecule has 2 aromatic carbocycles. The fourth-order valence-corrected chi connectivity index (χ4v) is 4.71. The topological polar surface area (TPSA) is 60.3 Å². The molecule has 2 aliphatic heterocycles. The Labute approximate surface area is 173 Å². The Bertz CT molecular complexity index is 1130. The molecule has 0 N–H and O–H groups in total. The second-order valence-corrected chi connectivity index (χ2v) is 8.17. The van der Waals surface area contributed by atoms with Crippen LogP contribution in [0.4, 0.5) is 4.39 Å². The van der Waals surface area contributed by atoms with Gasteiger partial charge in [-0.2, -0.15) is 0 Å². The van der Waals surface area contributed by atoms with E-state index in [4.69, 9.17) is 4.74 Å². The Morgan fingerprint density at radius 2 is 1.77 bits per heavy atom. The number of rotatable bonds is 4. The average Bonchev–Trinajstić information content (AvgIpc) is 3.35. The summed E-state index contributed by atoms with van der Waals surface area (Å²) in [5, 5.41) is 8.86. The number of halogens is 1. The van der Waals surface area contributed by atoms with Crippen LogP contribution in [-0.4, -0.2) is 39.9 Å². The predicted molar refractivity (Wildman–Crippen MR) is 111 cm³/mol. The van der Waals surface area contributed by atoms with E-state index in [-0.39, 0.29) is 16.8 Å². The summed E-state index contributed by atoms with van der Waals surface area (Å²) in [7, 11) is 1.61. The van der Waals surface area contributed by atoms with Crippen LogP contribution in [0.2, 0.25) is 0 Å². The minimum Gasteiger partial charge on any atom is -0.497 e. The molecular formula is C23H23FN4O2. The minimum absolute atomic E-state index is 0.0842. The van der Waals surface area contributed by atoms with Gasteiger partial charge in [0.15, 0.2) is 5.69 Å². The molecule has 2 aliphatic rings. The smallest absolute Gasteiger partial charge is 0.280 e. The van der Waals surface area contributed by atoms with Crippen LogP contribution in [0.25, 0.3) is 11.3 Å². The normalized spacial score (nSPS) is 20.6. The molecule has 0 bridgehead atoms. The Morgan fingerprint density at radius 1 is 1.03 bits per heavy atom. The Kier molecular flexibility index (Phi) is 4.62. The molecule has 3 aromatic rings. The van der Waals surface area contributed by atoms with Crippen molar-refractivity contribution in [3.63, 3.8) is 0 Å². The molecule has 0 amide bonds. The zero-order chi connectivity index (χ0) is 20.7. The molecule has 5 rings (SSSR count). The van der Waals surface area contributed by atoms with Crippen LogP contribution in [0.1, 0.15) is 24.2 Å². The third kappa shape index (κ3) is 3.19. The van der Waals surface area contributed by atoms with E-state index in [0.29, 0.717) is 12.2 Å². The van der Waals surface area contributed by atoms with Gasteiger partial charge in [0.25, 0.3) is 5.56 Å². The highest BCUT2D eigenvalue weighted by Crippen LogP contribution is 2.41. The summed E-state index contributed by atoms with van der Waals surface area (Å²) in [4.78, 5) is 15.5. The Hall–Kier alpha value is -3.06. The standard InChI is InChI=1S/C23H23FN4O2/c1-30-19-8-4-17(5-9-19)20-21(29)28-13-11-23(22(28)26-25-20)10-12-27(15-23)14-16-2-6-18(24)7-3-16/h2-9H,10-15H2,1H3. The van der Waals surface area contributed by atoms with E-state index in [1.165, 1.54) is 12.1 Å². The number of methoxy groups -OCH3 is 1. The number of benzene rings is 2. The van der Waals surface area contributed by atoms with Crippen molar-refractivity contribution in [1.29, 1.82) is 0 Å². The van der Waals surface area contributed by atoms with E-state index in [0.717, 1.165) is 55.2 Å². The zero-order valence-corrected chi connectivity index (χ0v) is 16.8. The number of ether oxygens (including phenoxy) is 1. The lowest BCUT2D eigenvalue weighted by Crippen LogP contribution is -2.33. The molecule has 0 saturated carbocycles. The first-order chi connectivity index (χ1) is 14.6. The van der Waals surface area contributed by atoms with E-state index in [2.05, 4.69) is 15.1 Å². The SMILES string of the molecule is COc1ccc(-c2nnc3n(c2=O)CCC32CCN(Cc3ccc(F)cc3)C2)cc1. The fourth-order valence-electron chi connectivity index (χ4n) is 4.71. The van der Waals surface area contributed by atoms with Gasteiger partial charge in [0, 0.05) is 30.6 Å². The lowest BCUT2D eigenvalue weighted by molar-refractivity contribution is 0.299. The molecule has 1 aromatic heterocycles. The number of nitrogens with zero attached hydrogens (tertiary/aromatic N) is 4. The highest BCUT2D eigenvalue weighted by Gasteiger charge is 2.46. The number of fused-ring (bicyclic) bond motifs is 2. The molecule has 7 heteroatoms. The van der Waals surface area contributed by atoms with Crippen LogP contribution >= 0.6 is 0 Å². The molecule has 0 radical (unpaired) electrons. The van der Waals surface area contributed by atoms with Gasteiger partial charge in [-0.15, -0.1) is 10.2 Å². The summed E-state index contributed by atoms with van der Waals surface area (Å²) in [6.45, 7) is 3.19. The Balaban J connectivity index is 1.40. The van der Waals surface area contributed by atoms with Gasteiger partial charge >= 0.3 is 0 Å². The van der Waals surface area contributed by atoms with Gasteiger partial charge in [0.1, 0.15) is 17.4 Å². The minimum atomic E-state index is -0.219. The third-order valence-corrected chi connectivity index (χ3v) is 6.35. The van der Waals surface area contributed by atoms with Crippen molar-refractivity contribution in [2.45, 2.75) is 31.3 Å². The van der Waals surface area contributed by atoms with Crippen molar-refractivity contribution in [2.75, 3.05) is 20.2 Å². The summed E-state index contributed by atoms with van der Waals surface area (Å²) in [6.07, 6.45) is 1.84. The average molecular weight is 406 g/mol. The first-order valence-electron chi connectivity index (χ1n) is 10.2. The van der Waals surface area contributed by atoms with E-state index in [9.17, 15) is 9.18 Å². The lowest BCUT2D eigenvalue weighted by atomic mass is 9.85. The van der Waals surface area contributed by atoms with Crippen LogP contribution in [0, 0.1) is 5.82 Å². The summed E-state index contributed by atoms with van der Waals surface area (Å²) >= 11 is 0. The maximum absolute atomic E-state index is 13.2. The molecule has 0 aliphatic carbocycles. The fraction of sp³-hybridized carbons (Fsp3) is 0.348. The molecule has 1 fully saturated rings. The second-order valence-electron chi connectivity index (χ2n) is 8.17. The summed E-state index contributed by atoms with van der Waals surface area (Å²) < 4.78 is 20.2. The maximum atomic E-state index is 13.2. The van der Waals surface area contributed by atoms with Crippen LogP contribution in [0.3, 0.4) is 0 Å². The van der Waals surface area contributed by atoms with E-state index in [1.807, 2.05) is 36.4 Å².